The average Bonchev–Trinajstić information content (AvgIpc) is 2.45. The summed E-state index contributed by atoms with van der Waals surface area (Å²) in [5.41, 5.74) is 0. The molecule has 0 aromatic carbocycles. The molecular formula is C8H11Br. The van der Waals surface area contributed by atoms with Gasteiger partial charge in [0.25, 0.3) is 0 Å². The van der Waals surface area contributed by atoms with E-state index in [1.54, 1.807) is 0 Å². The SMILES string of the molecule is BrC[C@H]1C[C@H]2C=C[C@H]1C2. The smallest absolute Gasteiger partial charge is 0.00655 e. The van der Waals surface area contributed by atoms with E-state index in [0.717, 1.165) is 17.8 Å². The van der Waals surface area contributed by atoms with Crippen molar-refractivity contribution in [3.63, 3.8) is 0 Å². The number of fused-ring (bicyclic) bond motifs is 2. The highest BCUT2D eigenvalue weighted by Gasteiger charge is 2.34. The number of alkyl halides is 1. The second-order valence-electron chi connectivity index (χ2n) is 3.19. The Kier molecular flexibility index (Phi) is 1.40. The van der Waals surface area contributed by atoms with Crippen LogP contribution in [-0.4, -0.2) is 5.33 Å². The molecule has 1 saturated carbocycles. The number of hydrogen-bond acceptors (Lipinski definition) is 0. The lowest BCUT2D eigenvalue weighted by molar-refractivity contribution is 0.505. The first-order chi connectivity index (χ1) is 4.40. The van der Waals surface area contributed by atoms with Crippen LogP contribution in [0.25, 0.3) is 0 Å². The average molecular weight is 187 g/mol. The maximum Gasteiger partial charge on any atom is 0.00655 e. The topological polar surface area (TPSA) is 0 Å². The highest BCUT2D eigenvalue weighted by molar-refractivity contribution is 9.09. The van der Waals surface area contributed by atoms with Crippen LogP contribution >= 0.6 is 15.9 Å². The molecule has 1 heteroatoms. The van der Waals surface area contributed by atoms with Crippen molar-refractivity contribution in [2.75, 3.05) is 5.33 Å². The largest absolute Gasteiger partial charge is 0.0925 e. The normalized spacial score (nSPS) is 46.6. The molecule has 2 aliphatic rings. The molecule has 2 aliphatic carbocycles. The zero-order valence-corrected chi connectivity index (χ0v) is 6.97. The fraction of sp³-hybridized carbons (Fsp3) is 0.750. The summed E-state index contributed by atoms with van der Waals surface area (Å²) in [6.07, 6.45) is 7.67. The quantitative estimate of drug-likeness (QED) is 0.437. The number of halogens is 1. The Morgan fingerprint density at radius 1 is 1.33 bits per heavy atom. The van der Waals surface area contributed by atoms with E-state index in [2.05, 4.69) is 28.1 Å². The van der Waals surface area contributed by atoms with Crippen LogP contribution in [0, 0.1) is 17.8 Å². The summed E-state index contributed by atoms with van der Waals surface area (Å²) in [6, 6.07) is 0. The molecule has 0 saturated heterocycles. The summed E-state index contributed by atoms with van der Waals surface area (Å²) in [5, 5.41) is 1.21. The van der Waals surface area contributed by atoms with Gasteiger partial charge in [-0.3, -0.25) is 0 Å². The van der Waals surface area contributed by atoms with Gasteiger partial charge < -0.3 is 0 Å². The van der Waals surface area contributed by atoms with Gasteiger partial charge in [-0.25, -0.2) is 0 Å². The zero-order chi connectivity index (χ0) is 6.27. The van der Waals surface area contributed by atoms with Gasteiger partial charge in [0.2, 0.25) is 0 Å². The summed E-state index contributed by atoms with van der Waals surface area (Å²) in [6.45, 7) is 0. The molecule has 2 rings (SSSR count). The lowest BCUT2D eigenvalue weighted by atomic mass is 9.96. The van der Waals surface area contributed by atoms with Crippen LogP contribution in [0.2, 0.25) is 0 Å². The van der Waals surface area contributed by atoms with Crippen LogP contribution in [0.5, 0.6) is 0 Å². The first-order valence-electron chi connectivity index (χ1n) is 3.64. The Bertz CT molecular complexity index is 140. The molecule has 0 heterocycles. The third-order valence-electron chi connectivity index (χ3n) is 2.61. The number of allylic oxidation sites excluding steroid dienone is 2. The maximum atomic E-state index is 3.54. The van der Waals surface area contributed by atoms with E-state index in [-0.39, 0.29) is 0 Å². The molecule has 0 aromatic heterocycles. The van der Waals surface area contributed by atoms with Crippen LogP contribution in [0.3, 0.4) is 0 Å². The molecule has 0 aromatic rings. The predicted molar refractivity (Wildman–Crippen MR) is 42.6 cm³/mol. The molecule has 0 spiro atoms. The predicted octanol–water partition coefficient (Wildman–Crippen LogP) is 2.59. The van der Waals surface area contributed by atoms with Gasteiger partial charge in [-0.2, -0.15) is 0 Å². The second-order valence-corrected chi connectivity index (χ2v) is 3.84. The van der Waals surface area contributed by atoms with Gasteiger partial charge in [0.15, 0.2) is 0 Å². The van der Waals surface area contributed by atoms with Crippen LogP contribution in [0.15, 0.2) is 12.2 Å². The minimum absolute atomic E-state index is 0.925. The molecule has 9 heavy (non-hydrogen) atoms. The van der Waals surface area contributed by atoms with Gasteiger partial charge in [-0.05, 0) is 30.6 Å². The van der Waals surface area contributed by atoms with Gasteiger partial charge in [-0.15, -0.1) is 0 Å². The van der Waals surface area contributed by atoms with Crippen molar-refractivity contribution in [3.8, 4) is 0 Å². The fourth-order valence-corrected chi connectivity index (χ4v) is 2.82. The van der Waals surface area contributed by atoms with E-state index >= 15 is 0 Å². The van der Waals surface area contributed by atoms with E-state index in [0.29, 0.717) is 0 Å². The lowest BCUT2D eigenvalue weighted by Crippen LogP contribution is -2.07. The summed E-state index contributed by atoms with van der Waals surface area (Å²) in [4.78, 5) is 0. The van der Waals surface area contributed by atoms with Gasteiger partial charge >= 0.3 is 0 Å². The van der Waals surface area contributed by atoms with Crippen LogP contribution in [-0.2, 0) is 0 Å². The van der Waals surface area contributed by atoms with Crippen LogP contribution < -0.4 is 0 Å². The first-order valence-corrected chi connectivity index (χ1v) is 4.76. The maximum absolute atomic E-state index is 3.54. The van der Waals surface area contributed by atoms with Gasteiger partial charge in [0, 0.05) is 5.33 Å². The lowest BCUT2D eigenvalue weighted by Gasteiger charge is -2.13. The molecule has 0 amide bonds. The van der Waals surface area contributed by atoms with E-state index in [4.69, 9.17) is 0 Å². The summed E-state index contributed by atoms with van der Waals surface area (Å²) in [7, 11) is 0. The minimum atomic E-state index is 0.925. The summed E-state index contributed by atoms with van der Waals surface area (Å²) in [5.74, 6) is 2.83. The van der Waals surface area contributed by atoms with Crippen molar-refractivity contribution in [2.24, 2.45) is 17.8 Å². The minimum Gasteiger partial charge on any atom is -0.0925 e. The monoisotopic (exact) mass is 186 g/mol. The number of rotatable bonds is 1. The Labute approximate surface area is 64.5 Å². The van der Waals surface area contributed by atoms with E-state index in [9.17, 15) is 0 Å². The van der Waals surface area contributed by atoms with E-state index in [1.807, 2.05) is 0 Å². The Morgan fingerprint density at radius 3 is 2.56 bits per heavy atom. The van der Waals surface area contributed by atoms with Crippen molar-refractivity contribution in [2.45, 2.75) is 12.8 Å². The fourth-order valence-electron chi connectivity index (χ4n) is 2.07. The first kappa shape index (κ1) is 5.96. The third-order valence-corrected chi connectivity index (χ3v) is 3.45. The van der Waals surface area contributed by atoms with Crippen LogP contribution in [0.4, 0.5) is 0 Å². The molecule has 0 radical (unpaired) electrons. The van der Waals surface area contributed by atoms with Gasteiger partial charge in [0.05, 0.1) is 0 Å². The molecule has 0 nitrogen and oxygen atoms in total. The molecule has 3 atom stereocenters. The van der Waals surface area contributed by atoms with Gasteiger partial charge in [-0.1, -0.05) is 28.1 Å². The van der Waals surface area contributed by atoms with Crippen molar-refractivity contribution < 1.29 is 0 Å². The van der Waals surface area contributed by atoms with E-state index in [1.165, 1.54) is 18.2 Å². The molecule has 0 N–H and O–H groups in total. The van der Waals surface area contributed by atoms with Crippen molar-refractivity contribution in [1.29, 1.82) is 0 Å². The molecule has 0 unspecified atom stereocenters. The summed E-state index contributed by atoms with van der Waals surface area (Å²) >= 11 is 3.54. The van der Waals surface area contributed by atoms with Crippen molar-refractivity contribution in [3.05, 3.63) is 12.2 Å². The second kappa shape index (κ2) is 2.12. The highest BCUT2D eigenvalue weighted by Crippen LogP contribution is 2.43. The molecule has 2 bridgehead atoms. The molecular weight excluding hydrogens is 176 g/mol. The summed E-state index contributed by atoms with van der Waals surface area (Å²) < 4.78 is 0. The number of hydrogen-bond donors (Lipinski definition) is 0. The van der Waals surface area contributed by atoms with Crippen molar-refractivity contribution >= 4 is 15.9 Å². The Morgan fingerprint density at radius 2 is 2.22 bits per heavy atom. The van der Waals surface area contributed by atoms with Crippen LogP contribution in [0.1, 0.15) is 12.8 Å². The highest BCUT2D eigenvalue weighted by atomic mass is 79.9. The Hall–Kier alpha value is 0.220. The molecule has 0 aliphatic heterocycles. The molecule has 1 fully saturated rings. The third kappa shape index (κ3) is 0.861. The Balaban J connectivity index is 2.10. The van der Waals surface area contributed by atoms with Gasteiger partial charge in [0.1, 0.15) is 0 Å². The van der Waals surface area contributed by atoms with Crippen molar-refractivity contribution in [1.82, 2.24) is 0 Å². The standard InChI is InChI=1S/C8H11Br/c9-5-8-4-6-1-2-7(8)3-6/h1-2,6-8H,3-5H2/t6-,7-,8+/m0/s1. The van der Waals surface area contributed by atoms with E-state index < -0.39 is 0 Å². The zero-order valence-electron chi connectivity index (χ0n) is 5.39. The molecule has 50 valence electrons.